The van der Waals surface area contributed by atoms with Crippen LogP contribution in [-0.2, 0) is 0 Å². The third-order valence-electron chi connectivity index (χ3n) is 2.32. The number of H-pyrrole nitrogens is 1. The van der Waals surface area contributed by atoms with Gasteiger partial charge in [-0.2, -0.15) is 4.39 Å². The minimum Gasteiger partial charge on any atom is -0.492 e. The molecule has 0 aliphatic heterocycles. The number of aromatic hydroxyl groups is 1. The van der Waals surface area contributed by atoms with E-state index < -0.39 is 22.9 Å². The monoisotopic (exact) mass is 314 g/mol. The lowest BCUT2D eigenvalue weighted by Gasteiger charge is -2.09. The number of rotatable bonds is 1. The molecule has 0 fully saturated rings. The highest BCUT2D eigenvalue weighted by atomic mass is 79.9. The molecular weight excluding hydrogens is 307 g/mol. The van der Waals surface area contributed by atoms with Gasteiger partial charge in [0.15, 0.2) is 0 Å². The average Bonchev–Trinajstić information content (AvgIpc) is 2.24. The smallest absolute Gasteiger partial charge is 0.335 e. The molecule has 0 saturated heterocycles. The van der Waals surface area contributed by atoms with Crippen LogP contribution in [0.25, 0.3) is 5.69 Å². The Labute approximate surface area is 109 Å². The van der Waals surface area contributed by atoms with Crippen molar-refractivity contribution in [3.8, 4) is 11.6 Å². The fraction of sp³-hybridized carbons (Fsp3) is 0.0909. The molecule has 0 unspecified atom stereocenters. The number of halogens is 2. The van der Waals surface area contributed by atoms with E-state index in [-0.39, 0.29) is 5.69 Å². The van der Waals surface area contributed by atoms with Crippen molar-refractivity contribution in [1.82, 2.24) is 9.55 Å². The van der Waals surface area contributed by atoms with Crippen LogP contribution in [0.1, 0.15) is 5.56 Å². The molecule has 0 aliphatic rings. The summed E-state index contributed by atoms with van der Waals surface area (Å²) in [5, 5.41) is 9.55. The van der Waals surface area contributed by atoms with E-state index in [0.717, 1.165) is 5.56 Å². The Kier molecular flexibility index (Phi) is 3.08. The number of aryl methyl sites for hydroxylation is 1. The Balaban J connectivity index is 2.83. The lowest BCUT2D eigenvalue weighted by molar-refractivity contribution is 0.386. The van der Waals surface area contributed by atoms with Crippen molar-refractivity contribution in [2.75, 3.05) is 0 Å². The summed E-state index contributed by atoms with van der Waals surface area (Å²) < 4.78 is 14.6. The Morgan fingerprint density at radius 1 is 1.33 bits per heavy atom. The number of aromatic amines is 1. The van der Waals surface area contributed by atoms with Gasteiger partial charge in [-0.15, -0.1) is 0 Å². The summed E-state index contributed by atoms with van der Waals surface area (Å²) in [6.45, 7) is 1.78. The first-order valence-electron chi connectivity index (χ1n) is 4.91. The molecule has 0 aliphatic carbocycles. The second-order valence-corrected chi connectivity index (χ2v) is 4.63. The van der Waals surface area contributed by atoms with Gasteiger partial charge in [0.05, 0.1) is 5.69 Å². The molecule has 0 radical (unpaired) electrons. The van der Waals surface area contributed by atoms with E-state index in [9.17, 15) is 19.1 Å². The van der Waals surface area contributed by atoms with Crippen LogP contribution >= 0.6 is 15.9 Å². The summed E-state index contributed by atoms with van der Waals surface area (Å²) in [5.74, 6) is -2.41. The number of aromatic nitrogens is 2. The molecule has 18 heavy (non-hydrogen) atoms. The van der Waals surface area contributed by atoms with E-state index in [2.05, 4.69) is 15.9 Å². The first-order chi connectivity index (χ1) is 8.40. The second-order valence-electron chi connectivity index (χ2n) is 3.72. The summed E-state index contributed by atoms with van der Waals surface area (Å²) in [4.78, 5) is 24.4. The lowest BCUT2D eigenvalue weighted by atomic mass is 10.2. The van der Waals surface area contributed by atoms with Crippen molar-refractivity contribution in [2.24, 2.45) is 0 Å². The van der Waals surface area contributed by atoms with Gasteiger partial charge in [0.2, 0.25) is 11.7 Å². The molecule has 0 bridgehead atoms. The molecule has 1 aromatic heterocycles. The quantitative estimate of drug-likeness (QED) is 0.836. The molecule has 2 N–H and O–H groups in total. The molecule has 1 heterocycles. The topological polar surface area (TPSA) is 75.1 Å². The molecule has 7 heteroatoms. The SMILES string of the molecule is Cc1cc(Br)cc(-n2c(O)c(F)c(=O)[nH]c2=O)c1. The van der Waals surface area contributed by atoms with Crippen LogP contribution < -0.4 is 11.2 Å². The molecule has 1 aromatic carbocycles. The van der Waals surface area contributed by atoms with E-state index in [1.165, 1.54) is 6.07 Å². The largest absolute Gasteiger partial charge is 0.492 e. The maximum atomic E-state index is 13.3. The predicted octanol–water partition coefficient (Wildman–Crippen LogP) is 1.44. The molecule has 2 aromatic rings. The maximum absolute atomic E-state index is 13.3. The number of nitrogens with zero attached hydrogens (tertiary/aromatic N) is 1. The van der Waals surface area contributed by atoms with Gasteiger partial charge in [-0.25, -0.2) is 9.36 Å². The van der Waals surface area contributed by atoms with E-state index >= 15 is 0 Å². The van der Waals surface area contributed by atoms with Crippen molar-refractivity contribution in [3.05, 3.63) is 54.9 Å². The summed E-state index contributed by atoms with van der Waals surface area (Å²) in [6, 6.07) is 4.88. The molecule has 94 valence electrons. The van der Waals surface area contributed by atoms with Crippen LogP contribution in [0.4, 0.5) is 4.39 Å². The third kappa shape index (κ3) is 2.08. The zero-order valence-electron chi connectivity index (χ0n) is 9.20. The van der Waals surface area contributed by atoms with Gasteiger partial charge < -0.3 is 5.11 Å². The fourth-order valence-electron chi connectivity index (χ4n) is 1.59. The predicted molar refractivity (Wildman–Crippen MR) is 66.7 cm³/mol. The van der Waals surface area contributed by atoms with Crippen molar-refractivity contribution in [2.45, 2.75) is 6.92 Å². The molecule has 2 rings (SSSR count). The van der Waals surface area contributed by atoms with Crippen LogP contribution in [-0.4, -0.2) is 14.7 Å². The highest BCUT2D eigenvalue weighted by Gasteiger charge is 2.15. The summed E-state index contributed by atoms with van der Waals surface area (Å²) in [7, 11) is 0. The standard InChI is InChI=1S/C11H8BrFN2O3/c1-5-2-6(12)4-7(3-5)15-10(17)8(13)9(16)14-11(15)18/h2-4,17H,1H3,(H,14,16,18). The Morgan fingerprint density at radius 2 is 2.00 bits per heavy atom. The Morgan fingerprint density at radius 3 is 2.61 bits per heavy atom. The van der Waals surface area contributed by atoms with Crippen LogP contribution in [0, 0.1) is 12.7 Å². The molecule has 0 atom stereocenters. The molecule has 0 amide bonds. The zero-order chi connectivity index (χ0) is 13.4. The van der Waals surface area contributed by atoms with Gasteiger partial charge in [0.25, 0.3) is 5.56 Å². The van der Waals surface area contributed by atoms with E-state index in [4.69, 9.17) is 0 Å². The second kappa shape index (κ2) is 4.41. The van der Waals surface area contributed by atoms with Gasteiger partial charge in [0, 0.05) is 4.47 Å². The molecule has 0 saturated carbocycles. The van der Waals surface area contributed by atoms with Crippen molar-refractivity contribution >= 4 is 15.9 Å². The highest BCUT2D eigenvalue weighted by Crippen LogP contribution is 2.21. The van der Waals surface area contributed by atoms with Crippen molar-refractivity contribution in [1.29, 1.82) is 0 Å². The number of hydrogen-bond acceptors (Lipinski definition) is 3. The Hall–Kier alpha value is -1.89. The first kappa shape index (κ1) is 12.6. The van der Waals surface area contributed by atoms with Crippen LogP contribution in [0.15, 0.2) is 32.3 Å². The van der Waals surface area contributed by atoms with E-state index in [1.807, 2.05) is 0 Å². The lowest BCUT2D eigenvalue weighted by Crippen LogP contribution is -2.30. The van der Waals surface area contributed by atoms with Gasteiger partial charge in [-0.1, -0.05) is 15.9 Å². The van der Waals surface area contributed by atoms with Gasteiger partial charge in [0.1, 0.15) is 0 Å². The minimum absolute atomic E-state index is 0.250. The third-order valence-corrected chi connectivity index (χ3v) is 2.77. The normalized spacial score (nSPS) is 10.6. The first-order valence-corrected chi connectivity index (χ1v) is 5.71. The van der Waals surface area contributed by atoms with Crippen LogP contribution in [0.2, 0.25) is 0 Å². The van der Waals surface area contributed by atoms with E-state index in [0.29, 0.717) is 9.04 Å². The zero-order valence-corrected chi connectivity index (χ0v) is 10.8. The van der Waals surface area contributed by atoms with E-state index in [1.54, 1.807) is 24.0 Å². The summed E-state index contributed by atoms with van der Waals surface area (Å²) >= 11 is 3.23. The van der Waals surface area contributed by atoms with Gasteiger partial charge in [-0.05, 0) is 30.7 Å². The number of nitrogens with one attached hydrogen (secondary N) is 1. The molecule has 0 spiro atoms. The van der Waals surface area contributed by atoms with Crippen molar-refractivity contribution < 1.29 is 9.50 Å². The molecule has 5 nitrogen and oxygen atoms in total. The highest BCUT2D eigenvalue weighted by molar-refractivity contribution is 9.10. The van der Waals surface area contributed by atoms with Gasteiger partial charge >= 0.3 is 5.69 Å². The molecular formula is C11H8BrFN2O3. The van der Waals surface area contributed by atoms with Gasteiger partial charge in [-0.3, -0.25) is 9.78 Å². The maximum Gasteiger partial charge on any atom is 0.335 e. The minimum atomic E-state index is -1.40. The van der Waals surface area contributed by atoms with Crippen LogP contribution in [0.3, 0.4) is 0 Å². The summed E-state index contributed by atoms with van der Waals surface area (Å²) in [6.07, 6.45) is 0. The van der Waals surface area contributed by atoms with Crippen molar-refractivity contribution in [3.63, 3.8) is 0 Å². The fourth-order valence-corrected chi connectivity index (χ4v) is 2.19. The number of hydrogen-bond donors (Lipinski definition) is 2. The van der Waals surface area contributed by atoms with Crippen LogP contribution in [0.5, 0.6) is 5.88 Å². The number of benzene rings is 1. The summed E-state index contributed by atoms with van der Waals surface area (Å²) in [5.41, 5.74) is -1.10. The average molecular weight is 315 g/mol. The Bertz CT molecular complexity index is 716.